The summed E-state index contributed by atoms with van der Waals surface area (Å²) in [7, 11) is -1.84. The molecule has 0 aliphatic heterocycles. The van der Waals surface area contributed by atoms with E-state index in [2.05, 4.69) is 10.9 Å². The quantitative estimate of drug-likeness (QED) is 0.786. The Kier molecular flexibility index (Phi) is 5.40. The Morgan fingerprint density at radius 3 is 2.33 bits per heavy atom. The number of carbonyl (C=O) groups is 2. The molecule has 0 aliphatic rings. The molecule has 0 spiro atoms. The van der Waals surface area contributed by atoms with Crippen LogP contribution in [-0.4, -0.2) is 30.6 Å². The van der Waals surface area contributed by atoms with Crippen LogP contribution in [0.2, 0.25) is 0 Å². The van der Waals surface area contributed by atoms with Gasteiger partial charge in [-0.1, -0.05) is 17.7 Å². The van der Waals surface area contributed by atoms with Gasteiger partial charge in [-0.25, -0.2) is 8.42 Å². The lowest BCUT2D eigenvalue weighted by atomic mass is 10.2. The lowest BCUT2D eigenvalue weighted by Crippen LogP contribution is -2.42. The molecule has 0 unspecified atom stereocenters. The van der Waals surface area contributed by atoms with Crippen molar-refractivity contribution in [2.24, 2.45) is 7.05 Å². The van der Waals surface area contributed by atoms with E-state index in [0.29, 0.717) is 5.69 Å². The van der Waals surface area contributed by atoms with Crippen LogP contribution in [-0.2, 0) is 21.7 Å². The number of carbonyl (C=O) groups excluding carboxylic acids is 2. The number of benzene rings is 1. The molecule has 128 valence electrons. The van der Waals surface area contributed by atoms with E-state index in [1.54, 1.807) is 42.1 Å². The minimum Gasteiger partial charge on any atom is -0.347 e. The van der Waals surface area contributed by atoms with E-state index in [9.17, 15) is 18.0 Å². The third kappa shape index (κ3) is 4.45. The average Bonchev–Trinajstić information content (AvgIpc) is 2.97. The van der Waals surface area contributed by atoms with Gasteiger partial charge in [0.15, 0.2) is 9.84 Å². The van der Waals surface area contributed by atoms with Gasteiger partial charge in [-0.05, 0) is 31.2 Å². The van der Waals surface area contributed by atoms with Gasteiger partial charge in [-0.15, -0.1) is 0 Å². The van der Waals surface area contributed by atoms with Gasteiger partial charge in [0.1, 0.15) is 5.69 Å². The largest absolute Gasteiger partial charge is 0.347 e. The molecule has 7 nitrogen and oxygen atoms in total. The number of sulfone groups is 1. The molecule has 0 saturated carbocycles. The maximum Gasteiger partial charge on any atom is 0.286 e. The number of aryl methyl sites for hydroxylation is 2. The van der Waals surface area contributed by atoms with E-state index in [0.717, 1.165) is 5.56 Å². The van der Waals surface area contributed by atoms with Crippen LogP contribution in [0.1, 0.15) is 22.5 Å². The molecule has 1 aromatic carbocycles. The van der Waals surface area contributed by atoms with Gasteiger partial charge in [0.05, 0.1) is 10.6 Å². The smallest absolute Gasteiger partial charge is 0.286 e. The summed E-state index contributed by atoms with van der Waals surface area (Å²) < 4.78 is 25.9. The Morgan fingerprint density at radius 1 is 1.08 bits per heavy atom. The maximum absolute atomic E-state index is 12.1. The molecule has 0 saturated heterocycles. The van der Waals surface area contributed by atoms with E-state index in [1.807, 2.05) is 6.92 Å². The Labute approximate surface area is 140 Å². The molecular weight excluding hydrogens is 330 g/mol. The molecular formula is C16H19N3O4S. The van der Waals surface area contributed by atoms with E-state index in [-0.39, 0.29) is 17.1 Å². The number of hydrogen-bond acceptors (Lipinski definition) is 4. The van der Waals surface area contributed by atoms with Gasteiger partial charge >= 0.3 is 0 Å². The van der Waals surface area contributed by atoms with Crippen molar-refractivity contribution in [3.63, 3.8) is 0 Å². The Hall–Kier alpha value is -2.61. The standard InChI is InChI=1S/C16H19N3O4S/c1-12-5-7-13(8-6-12)24(22,23)11-9-15(20)17-18-16(21)14-4-3-10-19(14)2/h3-8,10H,9,11H2,1-2H3,(H,17,20)(H,18,21). The summed E-state index contributed by atoms with van der Waals surface area (Å²) in [6.07, 6.45) is 1.45. The highest BCUT2D eigenvalue weighted by atomic mass is 32.2. The van der Waals surface area contributed by atoms with Crippen molar-refractivity contribution in [3.8, 4) is 0 Å². The van der Waals surface area contributed by atoms with Crippen molar-refractivity contribution < 1.29 is 18.0 Å². The first-order chi connectivity index (χ1) is 11.3. The Morgan fingerprint density at radius 2 is 1.75 bits per heavy atom. The summed E-state index contributed by atoms with van der Waals surface area (Å²) in [5, 5.41) is 0. The second-order valence-electron chi connectivity index (χ2n) is 5.39. The van der Waals surface area contributed by atoms with Crippen LogP contribution >= 0.6 is 0 Å². The molecule has 1 aromatic heterocycles. The fourth-order valence-corrected chi connectivity index (χ4v) is 3.28. The highest BCUT2D eigenvalue weighted by molar-refractivity contribution is 7.91. The molecule has 2 N–H and O–H groups in total. The fourth-order valence-electron chi connectivity index (χ4n) is 2.04. The number of amides is 2. The van der Waals surface area contributed by atoms with Crippen molar-refractivity contribution in [3.05, 3.63) is 53.9 Å². The predicted molar refractivity (Wildman–Crippen MR) is 88.9 cm³/mol. The van der Waals surface area contributed by atoms with Crippen molar-refractivity contribution in [2.45, 2.75) is 18.2 Å². The summed E-state index contributed by atoms with van der Waals surface area (Å²) in [6, 6.07) is 9.73. The number of nitrogens with one attached hydrogen (secondary N) is 2. The molecule has 1 heterocycles. The van der Waals surface area contributed by atoms with Gasteiger partial charge in [0.2, 0.25) is 5.91 Å². The number of hydrazine groups is 1. The summed E-state index contributed by atoms with van der Waals surface area (Å²) in [5.41, 5.74) is 5.80. The first kappa shape index (κ1) is 17.7. The Balaban J connectivity index is 1.85. The first-order valence-corrected chi connectivity index (χ1v) is 8.95. The van der Waals surface area contributed by atoms with Crippen molar-refractivity contribution in [1.82, 2.24) is 15.4 Å². The molecule has 0 bridgehead atoms. The van der Waals surface area contributed by atoms with Crippen molar-refractivity contribution >= 4 is 21.7 Å². The van der Waals surface area contributed by atoms with E-state index < -0.39 is 21.7 Å². The van der Waals surface area contributed by atoms with Crippen LogP contribution < -0.4 is 10.9 Å². The van der Waals surface area contributed by atoms with Gasteiger partial charge in [0.25, 0.3) is 5.91 Å². The molecule has 0 aliphatic carbocycles. The van der Waals surface area contributed by atoms with Crippen molar-refractivity contribution in [1.29, 1.82) is 0 Å². The zero-order chi connectivity index (χ0) is 17.7. The van der Waals surface area contributed by atoms with E-state index >= 15 is 0 Å². The molecule has 8 heteroatoms. The van der Waals surface area contributed by atoms with Gasteiger partial charge in [-0.2, -0.15) is 0 Å². The molecule has 0 radical (unpaired) electrons. The van der Waals surface area contributed by atoms with Gasteiger partial charge in [0, 0.05) is 19.7 Å². The normalized spacial score (nSPS) is 11.1. The van der Waals surface area contributed by atoms with Crippen LogP contribution in [0.15, 0.2) is 47.5 Å². The molecule has 0 atom stereocenters. The molecule has 24 heavy (non-hydrogen) atoms. The number of rotatable bonds is 5. The minimum absolute atomic E-state index is 0.175. The third-order valence-electron chi connectivity index (χ3n) is 3.47. The molecule has 2 rings (SSSR count). The van der Waals surface area contributed by atoms with Crippen LogP contribution in [0.25, 0.3) is 0 Å². The highest BCUT2D eigenvalue weighted by Gasteiger charge is 2.17. The molecule has 2 amide bonds. The SMILES string of the molecule is Cc1ccc(S(=O)(=O)CCC(=O)NNC(=O)c2cccn2C)cc1. The molecule has 2 aromatic rings. The zero-order valence-electron chi connectivity index (χ0n) is 13.4. The summed E-state index contributed by atoms with van der Waals surface area (Å²) >= 11 is 0. The number of aromatic nitrogens is 1. The number of nitrogens with zero attached hydrogens (tertiary/aromatic N) is 1. The first-order valence-electron chi connectivity index (χ1n) is 7.29. The second kappa shape index (κ2) is 7.31. The number of hydrogen-bond donors (Lipinski definition) is 2. The lowest BCUT2D eigenvalue weighted by Gasteiger charge is -2.08. The van der Waals surface area contributed by atoms with Crippen LogP contribution in [0.4, 0.5) is 0 Å². The zero-order valence-corrected chi connectivity index (χ0v) is 14.3. The molecule has 0 fully saturated rings. The predicted octanol–water partition coefficient (Wildman–Crippen LogP) is 0.959. The summed E-state index contributed by atoms with van der Waals surface area (Å²) in [5.74, 6) is -1.38. The summed E-state index contributed by atoms with van der Waals surface area (Å²) in [4.78, 5) is 23.7. The van der Waals surface area contributed by atoms with Crippen LogP contribution in [0.5, 0.6) is 0 Å². The topological polar surface area (TPSA) is 97.3 Å². The van der Waals surface area contributed by atoms with E-state index in [1.165, 1.54) is 12.1 Å². The van der Waals surface area contributed by atoms with Crippen LogP contribution in [0.3, 0.4) is 0 Å². The average molecular weight is 349 g/mol. The Bertz CT molecular complexity index is 838. The van der Waals surface area contributed by atoms with E-state index in [4.69, 9.17) is 0 Å². The third-order valence-corrected chi connectivity index (χ3v) is 5.20. The van der Waals surface area contributed by atoms with Gasteiger partial charge < -0.3 is 4.57 Å². The monoisotopic (exact) mass is 349 g/mol. The maximum atomic E-state index is 12.1. The second-order valence-corrected chi connectivity index (χ2v) is 7.50. The summed E-state index contributed by atoms with van der Waals surface area (Å²) in [6.45, 7) is 1.86. The minimum atomic E-state index is -3.54. The lowest BCUT2D eigenvalue weighted by molar-refractivity contribution is -0.121. The van der Waals surface area contributed by atoms with Crippen LogP contribution in [0, 0.1) is 6.92 Å². The van der Waals surface area contributed by atoms with Gasteiger partial charge in [-0.3, -0.25) is 20.4 Å². The van der Waals surface area contributed by atoms with Crippen molar-refractivity contribution in [2.75, 3.05) is 5.75 Å². The fraction of sp³-hybridized carbons (Fsp3) is 0.250. The highest BCUT2D eigenvalue weighted by Crippen LogP contribution is 2.12.